The van der Waals surface area contributed by atoms with Crippen molar-refractivity contribution in [2.75, 3.05) is 13.1 Å². The summed E-state index contributed by atoms with van der Waals surface area (Å²) < 4.78 is 1.95. The maximum Gasteiger partial charge on any atom is 0.326 e. The van der Waals surface area contributed by atoms with Crippen molar-refractivity contribution in [3.8, 4) is 0 Å². The van der Waals surface area contributed by atoms with Crippen molar-refractivity contribution < 1.29 is 17.3 Å². The number of fused-ring (bicyclic) bond motifs is 1. The predicted molar refractivity (Wildman–Crippen MR) is 89.5 cm³/mol. The summed E-state index contributed by atoms with van der Waals surface area (Å²) in [6.45, 7) is 3.19. The standard InChI is InChI=1S/C18H20N4O.ClH/c23-18-20-16-5-1-2-6-17(16)22(18)15-7-10-21(11-8-15)13-14-4-3-9-19-12-14;/h1-6,9,12,15H,7-8,10-11,13H2,(H,20,23);1H. The van der Waals surface area contributed by atoms with Gasteiger partial charge in [0.1, 0.15) is 6.54 Å². The van der Waals surface area contributed by atoms with Crippen LogP contribution in [-0.4, -0.2) is 27.6 Å². The molecule has 0 radical (unpaired) electrons. The van der Waals surface area contributed by atoms with Crippen LogP contribution in [0.2, 0.25) is 0 Å². The molecule has 0 bridgehead atoms. The highest BCUT2D eigenvalue weighted by Crippen LogP contribution is 2.20. The minimum Gasteiger partial charge on any atom is -1.00 e. The number of H-pyrrole nitrogens is 1. The maximum absolute atomic E-state index is 12.3. The number of aromatic amines is 1. The van der Waals surface area contributed by atoms with Gasteiger partial charge in [0.15, 0.2) is 0 Å². The molecular formula is C18H21ClN4O. The van der Waals surface area contributed by atoms with Crippen LogP contribution < -0.4 is 23.0 Å². The largest absolute Gasteiger partial charge is 1.00 e. The minimum absolute atomic E-state index is 0. The van der Waals surface area contributed by atoms with E-state index in [0.717, 1.165) is 43.5 Å². The van der Waals surface area contributed by atoms with Gasteiger partial charge in [-0.05, 0) is 18.2 Å². The molecule has 2 aromatic heterocycles. The van der Waals surface area contributed by atoms with E-state index in [1.54, 1.807) is 4.90 Å². The summed E-state index contributed by atoms with van der Waals surface area (Å²) in [5.74, 6) is 0. The van der Waals surface area contributed by atoms with E-state index < -0.39 is 0 Å². The van der Waals surface area contributed by atoms with E-state index in [9.17, 15) is 4.79 Å². The van der Waals surface area contributed by atoms with E-state index in [0.29, 0.717) is 6.04 Å². The zero-order chi connectivity index (χ0) is 15.6. The zero-order valence-corrected chi connectivity index (χ0v) is 14.2. The first kappa shape index (κ1) is 16.7. The van der Waals surface area contributed by atoms with Crippen molar-refractivity contribution >= 4 is 11.0 Å². The van der Waals surface area contributed by atoms with Crippen molar-refractivity contribution in [2.45, 2.75) is 25.4 Å². The number of hydrogen-bond donors (Lipinski definition) is 2. The van der Waals surface area contributed by atoms with Crippen molar-refractivity contribution in [1.82, 2.24) is 14.5 Å². The van der Waals surface area contributed by atoms with Gasteiger partial charge in [0, 0.05) is 36.8 Å². The highest BCUT2D eigenvalue weighted by molar-refractivity contribution is 5.75. The van der Waals surface area contributed by atoms with E-state index in [2.05, 4.69) is 16.0 Å². The number of rotatable bonds is 3. The number of nitrogens with zero attached hydrogens (tertiary/aromatic N) is 2. The Kier molecular flexibility index (Phi) is 5.02. The molecule has 6 heteroatoms. The minimum atomic E-state index is 0. The molecule has 3 aromatic rings. The molecule has 0 aliphatic carbocycles. The lowest BCUT2D eigenvalue weighted by Crippen LogP contribution is -3.11. The van der Waals surface area contributed by atoms with E-state index in [-0.39, 0.29) is 18.1 Å². The van der Waals surface area contributed by atoms with Gasteiger partial charge in [-0.1, -0.05) is 18.2 Å². The number of piperidine rings is 1. The molecule has 1 aliphatic rings. The Labute approximate surface area is 146 Å². The summed E-state index contributed by atoms with van der Waals surface area (Å²) in [6.07, 6.45) is 5.84. The molecule has 0 saturated carbocycles. The lowest BCUT2D eigenvalue weighted by molar-refractivity contribution is -0.919. The van der Waals surface area contributed by atoms with Gasteiger partial charge >= 0.3 is 5.69 Å². The number of imidazole rings is 1. The number of nitrogens with one attached hydrogen (secondary N) is 2. The average Bonchev–Trinajstić information content (AvgIpc) is 2.92. The fourth-order valence-corrected chi connectivity index (χ4v) is 3.67. The number of likely N-dealkylation sites (tertiary alicyclic amines) is 1. The Balaban J connectivity index is 0.00000169. The normalized spacial score (nSPS) is 20.7. The molecule has 1 saturated heterocycles. The number of quaternary nitrogens is 1. The molecule has 1 aromatic carbocycles. The third kappa shape index (κ3) is 3.23. The van der Waals surface area contributed by atoms with Gasteiger partial charge < -0.3 is 22.3 Å². The van der Waals surface area contributed by atoms with Crippen LogP contribution in [0, 0.1) is 0 Å². The van der Waals surface area contributed by atoms with Crippen LogP contribution in [0.4, 0.5) is 0 Å². The van der Waals surface area contributed by atoms with E-state index in [1.165, 1.54) is 5.56 Å². The summed E-state index contributed by atoms with van der Waals surface area (Å²) in [4.78, 5) is 21.0. The second-order valence-corrected chi connectivity index (χ2v) is 6.34. The lowest BCUT2D eigenvalue weighted by Gasteiger charge is -2.29. The Morgan fingerprint density at radius 2 is 1.96 bits per heavy atom. The Morgan fingerprint density at radius 3 is 2.71 bits per heavy atom. The van der Waals surface area contributed by atoms with Crippen LogP contribution >= 0.6 is 0 Å². The summed E-state index contributed by atoms with van der Waals surface area (Å²) in [6, 6.07) is 12.4. The molecule has 126 valence electrons. The average molecular weight is 345 g/mol. The lowest BCUT2D eigenvalue weighted by atomic mass is 10.0. The quantitative estimate of drug-likeness (QED) is 0.586. The number of pyridine rings is 1. The zero-order valence-electron chi connectivity index (χ0n) is 13.4. The molecular weight excluding hydrogens is 324 g/mol. The SMILES string of the molecule is O=c1[nH]c2ccccc2n1C1CC[NH+](Cc2cccnc2)CC1.[Cl-]. The molecule has 1 fully saturated rings. The van der Waals surface area contributed by atoms with E-state index in [1.807, 2.05) is 47.3 Å². The molecule has 1 aliphatic heterocycles. The van der Waals surface area contributed by atoms with Gasteiger partial charge in [0.25, 0.3) is 0 Å². The molecule has 0 unspecified atom stereocenters. The molecule has 24 heavy (non-hydrogen) atoms. The first-order valence-corrected chi connectivity index (χ1v) is 8.23. The third-order valence-electron chi connectivity index (χ3n) is 4.83. The summed E-state index contributed by atoms with van der Waals surface area (Å²) in [5, 5.41) is 0. The number of halogens is 1. The number of aromatic nitrogens is 3. The van der Waals surface area contributed by atoms with Gasteiger partial charge in [-0.2, -0.15) is 0 Å². The van der Waals surface area contributed by atoms with Gasteiger partial charge in [0.05, 0.1) is 24.1 Å². The molecule has 2 N–H and O–H groups in total. The van der Waals surface area contributed by atoms with Crippen molar-refractivity contribution in [3.63, 3.8) is 0 Å². The molecule has 0 atom stereocenters. The van der Waals surface area contributed by atoms with Crippen molar-refractivity contribution in [3.05, 3.63) is 64.8 Å². The molecule has 4 rings (SSSR count). The second kappa shape index (κ2) is 7.20. The highest BCUT2D eigenvalue weighted by Gasteiger charge is 2.25. The van der Waals surface area contributed by atoms with Crippen LogP contribution in [0.3, 0.4) is 0 Å². The maximum atomic E-state index is 12.3. The topological polar surface area (TPSA) is 55.1 Å². The number of para-hydroxylation sites is 2. The monoisotopic (exact) mass is 344 g/mol. The van der Waals surface area contributed by atoms with Gasteiger partial charge in [-0.25, -0.2) is 4.79 Å². The smallest absolute Gasteiger partial charge is 0.326 e. The first-order valence-electron chi connectivity index (χ1n) is 8.23. The van der Waals surface area contributed by atoms with Crippen LogP contribution in [0.1, 0.15) is 24.4 Å². The second-order valence-electron chi connectivity index (χ2n) is 6.34. The highest BCUT2D eigenvalue weighted by atomic mass is 35.5. The predicted octanol–water partition coefficient (Wildman–Crippen LogP) is -1.85. The first-order chi connectivity index (χ1) is 11.3. The van der Waals surface area contributed by atoms with Gasteiger partial charge in [-0.15, -0.1) is 0 Å². The number of hydrogen-bond acceptors (Lipinski definition) is 2. The van der Waals surface area contributed by atoms with Crippen LogP contribution in [-0.2, 0) is 6.54 Å². The fourth-order valence-electron chi connectivity index (χ4n) is 3.67. The Bertz CT molecular complexity index is 850. The fraction of sp³-hybridized carbons (Fsp3) is 0.333. The molecule has 0 spiro atoms. The van der Waals surface area contributed by atoms with Crippen molar-refractivity contribution in [1.29, 1.82) is 0 Å². The molecule has 3 heterocycles. The van der Waals surface area contributed by atoms with Crippen LogP contribution in [0.15, 0.2) is 53.6 Å². The van der Waals surface area contributed by atoms with Crippen molar-refractivity contribution in [2.24, 2.45) is 0 Å². The molecule has 5 nitrogen and oxygen atoms in total. The van der Waals surface area contributed by atoms with Crippen LogP contribution in [0.5, 0.6) is 0 Å². The molecule has 0 amide bonds. The summed E-state index contributed by atoms with van der Waals surface area (Å²) in [5.41, 5.74) is 3.26. The van der Waals surface area contributed by atoms with E-state index >= 15 is 0 Å². The van der Waals surface area contributed by atoms with Crippen LogP contribution in [0.25, 0.3) is 11.0 Å². The Hall–Kier alpha value is -2.11. The van der Waals surface area contributed by atoms with Gasteiger partial charge in [0.2, 0.25) is 0 Å². The van der Waals surface area contributed by atoms with E-state index in [4.69, 9.17) is 0 Å². The number of benzene rings is 1. The summed E-state index contributed by atoms with van der Waals surface area (Å²) in [7, 11) is 0. The Morgan fingerprint density at radius 1 is 1.17 bits per heavy atom. The van der Waals surface area contributed by atoms with Gasteiger partial charge in [-0.3, -0.25) is 9.55 Å². The summed E-state index contributed by atoms with van der Waals surface area (Å²) >= 11 is 0. The third-order valence-corrected chi connectivity index (χ3v) is 4.83.